The summed E-state index contributed by atoms with van der Waals surface area (Å²) in [5, 5.41) is 12.3. The van der Waals surface area contributed by atoms with Crippen molar-refractivity contribution in [1.82, 2.24) is 39.8 Å². The Kier molecular flexibility index (Phi) is 7.90. The second-order valence-corrected chi connectivity index (χ2v) is 14.0. The van der Waals surface area contributed by atoms with Gasteiger partial charge in [0.2, 0.25) is 17.7 Å². The molecule has 2 fully saturated rings. The van der Waals surface area contributed by atoms with Gasteiger partial charge in [-0.05, 0) is 78.0 Å². The second-order valence-electron chi connectivity index (χ2n) is 13.1. The quantitative estimate of drug-likeness (QED) is 0.201. The van der Waals surface area contributed by atoms with Crippen molar-refractivity contribution in [2.45, 2.75) is 65.3 Å². The SMILES string of the molecule is CC(=O)c1nn(CC(=O)N2[C@H]3C[C@@]4(Cc5nc(no5)/C=C/COCc5ccc(Br)nc5NC3=O)C[C@@H]24)c2c(C)cc(-c3cnc(C)nc3)cc12. The number of aromatic nitrogens is 7. The van der Waals surface area contributed by atoms with Crippen LogP contribution >= 0.6 is 15.9 Å². The van der Waals surface area contributed by atoms with E-state index in [-0.39, 0.29) is 42.5 Å². The number of Topliss-reactive ketones (excluding diaryl/α,β-unsaturated/α-hetero) is 1. The molecule has 1 aliphatic carbocycles. The van der Waals surface area contributed by atoms with Crippen LogP contribution in [0.25, 0.3) is 28.1 Å². The lowest BCUT2D eigenvalue weighted by Crippen LogP contribution is -2.47. The lowest BCUT2D eigenvalue weighted by Gasteiger charge is -2.27. The summed E-state index contributed by atoms with van der Waals surface area (Å²) < 4.78 is 13.5. The van der Waals surface area contributed by atoms with Crippen LogP contribution in [0.15, 0.2) is 51.9 Å². The monoisotopic (exact) mass is 737 g/mol. The first-order valence-electron chi connectivity index (χ1n) is 16.2. The van der Waals surface area contributed by atoms with E-state index in [0.717, 1.165) is 16.7 Å². The van der Waals surface area contributed by atoms with Crippen molar-refractivity contribution in [1.29, 1.82) is 0 Å². The predicted octanol–water partition coefficient (Wildman–Crippen LogP) is 4.64. The van der Waals surface area contributed by atoms with Crippen molar-refractivity contribution >= 4 is 56.3 Å². The van der Waals surface area contributed by atoms with E-state index in [2.05, 4.69) is 51.4 Å². The third-order valence-corrected chi connectivity index (χ3v) is 10.1. The van der Waals surface area contributed by atoms with Gasteiger partial charge in [-0.3, -0.25) is 19.1 Å². The Balaban J connectivity index is 1.15. The number of nitrogens with zero attached hydrogens (tertiary/aromatic N) is 8. The third-order valence-electron chi connectivity index (χ3n) is 9.69. The van der Waals surface area contributed by atoms with Crippen molar-refractivity contribution < 1.29 is 23.6 Å². The van der Waals surface area contributed by atoms with Gasteiger partial charge in [-0.25, -0.2) is 15.0 Å². The molecule has 4 aromatic heterocycles. The van der Waals surface area contributed by atoms with E-state index in [1.807, 2.05) is 32.0 Å². The highest BCUT2D eigenvalue weighted by molar-refractivity contribution is 9.10. The zero-order chi connectivity index (χ0) is 34.7. The van der Waals surface area contributed by atoms with Gasteiger partial charge >= 0.3 is 0 Å². The van der Waals surface area contributed by atoms with Gasteiger partial charge in [-0.1, -0.05) is 17.3 Å². The minimum absolute atomic E-state index is 0.169. The summed E-state index contributed by atoms with van der Waals surface area (Å²) in [6, 6.07) is 6.44. The fourth-order valence-corrected chi connectivity index (χ4v) is 7.59. The summed E-state index contributed by atoms with van der Waals surface area (Å²) in [7, 11) is 0. The number of amides is 2. The van der Waals surface area contributed by atoms with Crippen molar-refractivity contribution in [2.24, 2.45) is 5.41 Å². The molecular weight excluding hydrogens is 706 g/mol. The highest BCUT2D eigenvalue weighted by atomic mass is 79.9. The zero-order valence-corrected chi connectivity index (χ0v) is 29.1. The standard InChI is InChI=1S/C35H32BrN9O5/c1-18-9-22(23-14-37-20(3)38-15-23)10-24-31(19(2)46)42-44(32(18)24)16-30(47)45-25-11-35(12-26(35)45)13-29-40-28(43-50-29)5-4-8-49-17-21-6-7-27(36)39-33(21)41-34(25)48/h4-7,9-10,14-15,25-26H,8,11-13,16-17H2,1-3H3,(H,39,41,48)/b5-4+/t25-,26+,35-/m0/s1. The van der Waals surface area contributed by atoms with E-state index < -0.39 is 11.5 Å². The van der Waals surface area contributed by atoms with E-state index >= 15 is 0 Å². The topological polar surface area (TPSA) is 171 Å². The van der Waals surface area contributed by atoms with Gasteiger partial charge in [-0.15, -0.1) is 0 Å². The van der Waals surface area contributed by atoms with Crippen molar-refractivity contribution in [2.75, 3.05) is 11.9 Å². The molecule has 2 amide bonds. The Hall–Kier alpha value is -5.15. The van der Waals surface area contributed by atoms with Gasteiger partial charge < -0.3 is 19.5 Å². The molecule has 5 aromatic rings. The second kappa shape index (κ2) is 12.3. The van der Waals surface area contributed by atoms with Crippen molar-refractivity contribution in [3.05, 3.63) is 81.7 Å². The van der Waals surface area contributed by atoms with E-state index in [1.54, 1.807) is 40.2 Å². The molecule has 1 spiro atoms. The van der Waals surface area contributed by atoms with Gasteiger partial charge in [0.15, 0.2) is 11.6 Å². The van der Waals surface area contributed by atoms with Gasteiger partial charge in [0.05, 0.1) is 18.7 Å². The molecule has 3 atom stereocenters. The summed E-state index contributed by atoms with van der Waals surface area (Å²) in [4.78, 5) is 60.7. The van der Waals surface area contributed by atoms with Crippen LogP contribution in [-0.2, 0) is 33.9 Å². The van der Waals surface area contributed by atoms with Crippen LogP contribution in [0, 0.1) is 19.3 Å². The molecule has 6 heterocycles. The van der Waals surface area contributed by atoms with Gasteiger partial charge in [-0.2, -0.15) is 10.1 Å². The number of halogens is 1. The summed E-state index contributed by atoms with van der Waals surface area (Å²) in [6.07, 6.45) is 8.53. The number of hydrogen-bond acceptors (Lipinski definition) is 11. The molecular formula is C35H32BrN9O5. The van der Waals surface area contributed by atoms with Crippen LogP contribution in [0.3, 0.4) is 0 Å². The van der Waals surface area contributed by atoms with Crippen LogP contribution in [0.1, 0.15) is 58.9 Å². The van der Waals surface area contributed by atoms with E-state index in [4.69, 9.17) is 9.26 Å². The minimum Gasteiger partial charge on any atom is -0.373 e. The Morgan fingerprint density at radius 3 is 2.72 bits per heavy atom. The van der Waals surface area contributed by atoms with Gasteiger partial charge in [0.25, 0.3) is 0 Å². The number of fused-ring (bicyclic) bond motifs is 5. The Morgan fingerprint density at radius 1 is 1.10 bits per heavy atom. The average Bonchev–Trinajstić information content (AvgIpc) is 3.35. The summed E-state index contributed by atoms with van der Waals surface area (Å²) in [5.41, 5.74) is 3.68. The molecule has 1 N–H and O–H groups in total. The van der Waals surface area contributed by atoms with Crippen LogP contribution in [-0.4, -0.2) is 76.1 Å². The Bertz CT molecular complexity index is 2230. The van der Waals surface area contributed by atoms with Gasteiger partial charge in [0.1, 0.15) is 34.5 Å². The number of ketones is 1. The number of anilines is 1. The first kappa shape index (κ1) is 32.1. The fourth-order valence-electron chi connectivity index (χ4n) is 7.28. The van der Waals surface area contributed by atoms with Crippen LogP contribution in [0.4, 0.5) is 5.82 Å². The first-order chi connectivity index (χ1) is 24.1. The lowest BCUT2D eigenvalue weighted by molar-refractivity contribution is -0.138. The molecule has 14 nitrogen and oxygen atoms in total. The number of rotatable bonds is 4. The number of benzene rings is 1. The number of likely N-dealkylation sites (tertiary alicyclic amines) is 1. The maximum atomic E-state index is 14.4. The molecule has 1 saturated carbocycles. The molecule has 3 aliphatic rings. The maximum absolute atomic E-state index is 14.4. The molecule has 15 heteroatoms. The summed E-state index contributed by atoms with van der Waals surface area (Å²) in [6.45, 7) is 5.51. The molecule has 1 aromatic carbocycles. The smallest absolute Gasteiger partial charge is 0.248 e. The predicted molar refractivity (Wildman–Crippen MR) is 184 cm³/mol. The summed E-state index contributed by atoms with van der Waals surface area (Å²) in [5.74, 6) is 1.01. The number of ether oxygens (including phenoxy) is 1. The van der Waals surface area contributed by atoms with Gasteiger partial charge in [0, 0.05) is 53.7 Å². The number of carbonyl (C=O) groups is 3. The van der Waals surface area contributed by atoms with E-state index in [9.17, 15) is 14.4 Å². The number of carbonyl (C=O) groups excluding carboxylic acids is 3. The Labute approximate surface area is 294 Å². The lowest BCUT2D eigenvalue weighted by atomic mass is 9.95. The van der Waals surface area contributed by atoms with E-state index in [1.165, 1.54) is 6.92 Å². The van der Waals surface area contributed by atoms with Crippen LogP contribution in [0.2, 0.25) is 0 Å². The highest BCUT2D eigenvalue weighted by Gasteiger charge is 2.67. The molecule has 254 valence electrons. The largest absolute Gasteiger partial charge is 0.373 e. The molecule has 0 unspecified atom stereocenters. The maximum Gasteiger partial charge on any atom is 0.248 e. The number of aryl methyl sites for hydroxylation is 2. The third kappa shape index (κ3) is 5.79. The molecule has 8 rings (SSSR count). The molecule has 50 heavy (non-hydrogen) atoms. The molecule has 2 aliphatic heterocycles. The van der Waals surface area contributed by atoms with Crippen molar-refractivity contribution in [3.8, 4) is 11.1 Å². The Morgan fingerprint density at radius 2 is 1.92 bits per heavy atom. The summed E-state index contributed by atoms with van der Waals surface area (Å²) >= 11 is 3.41. The number of hydrogen-bond donors (Lipinski definition) is 1. The molecule has 4 bridgehead atoms. The molecule has 0 radical (unpaired) electrons. The fraction of sp³-hybridized carbons (Fsp3) is 0.343. The molecule has 1 saturated heterocycles. The van der Waals surface area contributed by atoms with Crippen LogP contribution < -0.4 is 5.32 Å². The average molecular weight is 739 g/mol. The first-order valence-corrected chi connectivity index (χ1v) is 17.0. The van der Waals surface area contributed by atoms with E-state index in [0.29, 0.717) is 70.3 Å². The zero-order valence-electron chi connectivity index (χ0n) is 27.5. The minimum atomic E-state index is -0.797. The van der Waals surface area contributed by atoms with Crippen LogP contribution in [0.5, 0.6) is 0 Å². The highest BCUT2D eigenvalue weighted by Crippen LogP contribution is 2.61. The normalized spacial score (nSPS) is 22.2. The number of piperidine rings is 1. The number of nitrogens with one attached hydrogen (secondary N) is 1. The number of pyridine rings is 1. The van der Waals surface area contributed by atoms with Crippen molar-refractivity contribution in [3.63, 3.8) is 0 Å².